The molecule has 2 rings (SSSR count). The Balaban J connectivity index is 2.28. The van der Waals surface area contributed by atoms with Gasteiger partial charge in [0, 0.05) is 16.6 Å². The predicted octanol–water partition coefficient (Wildman–Crippen LogP) is 5.45. The highest BCUT2D eigenvalue weighted by molar-refractivity contribution is 6.30. The van der Waals surface area contributed by atoms with Crippen molar-refractivity contribution in [2.75, 3.05) is 6.61 Å². The van der Waals surface area contributed by atoms with Crippen LogP contribution in [0, 0.1) is 11.2 Å². The third kappa shape index (κ3) is 7.44. The molecule has 0 fully saturated rings. The summed E-state index contributed by atoms with van der Waals surface area (Å²) in [7, 11) is 0. The highest BCUT2D eigenvalue weighted by atomic mass is 35.5. The minimum atomic E-state index is -1.40. The Hall–Kier alpha value is -2.64. The third-order valence-electron chi connectivity index (χ3n) is 5.47. The molecule has 0 aromatic heterocycles. The van der Waals surface area contributed by atoms with E-state index in [-0.39, 0.29) is 12.8 Å². The van der Waals surface area contributed by atoms with E-state index in [2.05, 4.69) is 5.32 Å². The summed E-state index contributed by atoms with van der Waals surface area (Å²) >= 11 is 5.99. The Morgan fingerprint density at radius 3 is 2.30 bits per heavy atom. The molecule has 0 aliphatic rings. The minimum Gasteiger partial charge on any atom is -0.481 e. The molecule has 0 radical (unpaired) electrons. The lowest BCUT2D eigenvalue weighted by molar-refractivity contribution is -0.153. The molecule has 2 aromatic carbocycles. The fourth-order valence-electron chi connectivity index (χ4n) is 3.57. The first-order chi connectivity index (χ1) is 15.4. The van der Waals surface area contributed by atoms with Gasteiger partial charge in [0.2, 0.25) is 0 Å². The summed E-state index contributed by atoms with van der Waals surface area (Å²) in [4.78, 5) is 24.3. The van der Waals surface area contributed by atoms with Crippen molar-refractivity contribution in [2.24, 2.45) is 5.41 Å². The second-order valence-electron chi connectivity index (χ2n) is 9.17. The Bertz CT molecular complexity index is 968. The number of amides is 1. The number of carboxylic acids is 1. The van der Waals surface area contributed by atoms with E-state index < -0.39 is 41.5 Å². The number of nitrogens with one attached hydrogen (secondary N) is 1. The molecule has 0 spiro atoms. The number of carboxylic acid groups (broad SMARTS) is 1. The average molecular weight is 480 g/mol. The number of carbonyl (C=O) groups is 2. The average Bonchev–Trinajstić information content (AvgIpc) is 2.72. The van der Waals surface area contributed by atoms with Gasteiger partial charge >= 0.3 is 12.1 Å². The highest BCUT2D eigenvalue weighted by Gasteiger charge is 2.39. The Morgan fingerprint density at radius 2 is 1.79 bits per heavy atom. The van der Waals surface area contributed by atoms with Crippen LogP contribution >= 0.6 is 11.6 Å². The summed E-state index contributed by atoms with van der Waals surface area (Å²) in [5.41, 5.74) is -0.310. The van der Waals surface area contributed by atoms with Gasteiger partial charge in [-0.2, -0.15) is 0 Å². The molecular formula is C25H31ClFNO5. The van der Waals surface area contributed by atoms with Crippen LogP contribution in [0.1, 0.15) is 46.1 Å². The molecule has 180 valence electrons. The van der Waals surface area contributed by atoms with Gasteiger partial charge in [0.15, 0.2) is 0 Å². The first kappa shape index (κ1) is 26.6. The molecule has 2 aromatic rings. The van der Waals surface area contributed by atoms with E-state index in [1.807, 2.05) is 0 Å². The molecule has 2 atom stereocenters. The molecule has 33 heavy (non-hydrogen) atoms. The standard InChI is InChI=1S/C25H31ClFNO5/c1-5-25(15-29,22(30)31)14-19(28-23(32)33-24(2,3)4)12-16-6-8-17(9-7-16)20-13-18(26)10-11-21(20)27/h6-11,13,19,29H,5,12,14-15H2,1-4H3,(H,28,32)(H,30,31). The van der Waals surface area contributed by atoms with E-state index in [0.717, 1.165) is 5.56 Å². The van der Waals surface area contributed by atoms with Crippen LogP contribution in [0.5, 0.6) is 0 Å². The summed E-state index contributed by atoms with van der Waals surface area (Å²) in [6.45, 7) is 6.32. The van der Waals surface area contributed by atoms with Crippen molar-refractivity contribution < 1.29 is 28.9 Å². The lowest BCUT2D eigenvalue weighted by atomic mass is 9.78. The lowest BCUT2D eigenvalue weighted by Crippen LogP contribution is -2.46. The van der Waals surface area contributed by atoms with Gasteiger partial charge in [0.05, 0.1) is 12.0 Å². The number of benzene rings is 2. The van der Waals surface area contributed by atoms with E-state index >= 15 is 0 Å². The molecule has 0 heterocycles. The Morgan fingerprint density at radius 1 is 1.15 bits per heavy atom. The fourth-order valence-corrected chi connectivity index (χ4v) is 3.74. The van der Waals surface area contributed by atoms with Crippen molar-refractivity contribution in [1.29, 1.82) is 0 Å². The number of halogens is 2. The van der Waals surface area contributed by atoms with E-state index in [9.17, 15) is 24.2 Å². The van der Waals surface area contributed by atoms with E-state index in [4.69, 9.17) is 16.3 Å². The first-order valence-electron chi connectivity index (χ1n) is 10.8. The van der Waals surface area contributed by atoms with Crippen molar-refractivity contribution in [3.63, 3.8) is 0 Å². The van der Waals surface area contributed by atoms with Crippen molar-refractivity contribution in [1.82, 2.24) is 5.32 Å². The highest BCUT2D eigenvalue weighted by Crippen LogP contribution is 2.30. The van der Waals surface area contributed by atoms with Crippen molar-refractivity contribution in [3.8, 4) is 11.1 Å². The van der Waals surface area contributed by atoms with Gasteiger partial charge in [0.1, 0.15) is 11.4 Å². The van der Waals surface area contributed by atoms with Crippen molar-refractivity contribution in [3.05, 3.63) is 58.9 Å². The molecule has 1 amide bonds. The Kier molecular flexibility index (Phi) is 8.86. The topological polar surface area (TPSA) is 95.9 Å². The number of aliphatic hydroxyl groups is 1. The number of hydrogen-bond donors (Lipinski definition) is 3. The van der Waals surface area contributed by atoms with Crippen LogP contribution < -0.4 is 5.32 Å². The molecular weight excluding hydrogens is 449 g/mol. The first-order valence-corrected chi connectivity index (χ1v) is 11.1. The summed E-state index contributed by atoms with van der Waals surface area (Å²) in [5.74, 6) is -1.52. The normalized spacial score (nSPS) is 14.3. The van der Waals surface area contributed by atoms with Crippen LogP contribution in [-0.2, 0) is 16.0 Å². The molecule has 3 N–H and O–H groups in total. The molecule has 0 saturated heterocycles. The third-order valence-corrected chi connectivity index (χ3v) is 5.70. The molecule has 8 heteroatoms. The van der Waals surface area contributed by atoms with Gasteiger partial charge in [-0.05, 0) is 69.4 Å². The maximum Gasteiger partial charge on any atom is 0.407 e. The number of rotatable bonds is 9. The molecule has 0 bridgehead atoms. The largest absolute Gasteiger partial charge is 0.481 e. The zero-order valence-electron chi connectivity index (χ0n) is 19.3. The number of hydrogen-bond acceptors (Lipinski definition) is 4. The summed E-state index contributed by atoms with van der Waals surface area (Å²) < 4.78 is 19.5. The second-order valence-corrected chi connectivity index (χ2v) is 9.61. The molecule has 6 nitrogen and oxygen atoms in total. The van der Waals surface area contributed by atoms with Crippen LogP contribution in [0.3, 0.4) is 0 Å². The van der Waals surface area contributed by atoms with Crippen molar-refractivity contribution >= 4 is 23.7 Å². The van der Waals surface area contributed by atoms with E-state index in [1.165, 1.54) is 12.1 Å². The lowest BCUT2D eigenvalue weighted by Gasteiger charge is -2.31. The number of carbonyl (C=O) groups excluding carboxylic acids is 1. The van der Waals surface area contributed by atoms with Gasteiger partial charge in [0.25, 0.3) is 0 Å². The summed E-state index contributed by atoms with van der Waals surface area (Å²) in [6.07, 6.45) is -0.164. The zero-order valence-corrected chi connectivity index (χ0v) is 20.1. The molecule has 0 aliphatic heterocycles. The van der Waals surface area contributed by atoms with Gasteiger partial charge < -0.3 is 20.3 Å². The summed E-state index contributed by atoms with van der Waals surface area (Å²) in [6, 6.07) is 10.8. The van der Waals surface area contributed by atoms with Crippen LogP contribution in [-0.4, -0.2) is 40.5 Å². The van der Waals surface area contributed by atoms with Gasteiger partial charge in [-0.1, -0.05) is 42.8 Å². The van der Waals surface area contributed by atoms with Crippen LogP contribution in [0.25, 0.3) is 11.1 Å². The van der Waals surface area contributed by atoms with Crippen LogP contribution in [0.15, 0.2) is 42.5 Å². The quantitative estimate of drug-likeness (QED) is 0.444. The predicted molar refractivity (Wildman–Crippen MR) is 126 cm³/mol. The van der Waals surface area contributed by atoms with E-state index in [1.54, 1.807) is 58.0 Å². The van der Waals surface area contributed by atoms with Gasteiger partial charge in [-0.15, -0.1) is 0 Å². The summed E-state index contributed by atoms with van der Waals surface area (Å²) in [5, 5.41) is 22.7. The maximum atomic E-state index is 14.2. The van der Waals surface area contributed by atoms with E-state index in [0.29, 0.717) is 22.6 Å². The second kappa shape index (κ2) is 11.0. The monoisotopic (exact) mass is 479 g/mol. The number of ether oxygens (including phenoxy) is 1. The van der Waals surface area contributed by atoms with Crippen molar-refractivity contribution in [2.45, 2.75) is 58.6 Å². The van der Waals surface area contributed by atoms with Crippen LogP contribution in [0.4, 0.5) is 9.18 Å². The van der Waals surface area contributed by atoms with Gasteiger partial charge in [-0.25, -0.2) is 9.18 Å². The maximum absolute atomic E-state index is 14.2. The smallest absolute Gasteiger partial charge is 0.407 e. The number of alkyl carbamates (subject to hydrolysis) is 1. The SMILES string of the molecule is CCC(CO)(CC(Cc1ccc(-c2cc(Cl)ccc2F)cc1)NC(=O)OC(C)(C)C)C(=O)O. The number of aliphatic hydroxyl groups excluding tert-OH is 1. The minimum absolute atomic E-state index is 0.0131. The molecule has 0 aliphatic carbocycles. The Labute approximate surface area is 198 Å². The number of aliphatic carboxylic acids is 1. The van der Waals surface area contributed by atoms with Crippen LogP contribution in [0.2, 0.25) is 5.02 Å². The zero-order chi connectivity index (χ0) is 24.8. The molecule has 2 unspecified atom stereocenters. The van der Waals surface area contributed by atoms with Gasteiger partial charge in [-0.3, -0.25) is 4.79 Å². The fraction of sp³-hybridized carbons (Fsp3) is 0.440. The molecule has 0 saturated carbocycles.